The number of para-hydroxylation sites is 1. The molecule has 3 N–H and O–H groups in total. The summed E-state index contributed by atoms with van der Waals surface area (Å²) in [5.74, 6) is -0.607. The number of rotatable bonds is 2. The molecule has 2 rings (SSSR count). The van der Waals surface area contributed by atoms with Gasteiger partial charge in [0.1, 0.15) is 5.82 Å². The van der Waals surface area contributed by atoms with Crippen LogP contribution in [-0.2, 0) is 4.79 Å². The van der Waals surface area contributed by atoms with Gasteiger partial charge in [0.25, 0.3) is 0 Å². The van der Waals surface area contributed by atoms with E-state index in [0.29, 0.717) is 6.42 Å². The lowest BCUT2D eigenvalue weighted by Crippen LogP contribution is -2.34. The summed E-state index contributed by atoms with van der Waals surface area (Å²) >= 11 is 0. The molecule has 4 heteroatoms. The van der Waals surface area contributed by atoms with Gasteiger partial charge in [-0.25, -0.2) is 4.39 Å². The Balaban J connectivity index is 1.99. The number of nitrogens with two attached hydrogens (primary N) is 1. The SMILES string of the molecule is NC1CCCC(C(=O)Nc2ccccc2F)C1. The number of amides is 1. The highest BCUT2D eigenvalue weighted by Crippen LogP contribution is 2.25. The lowest BCUT2D eigenvalue weighted by Gasteiger charge is -2.25. The molecule has 0 bridgehead atoms. The first-order valence-electron chi connectivity index (χ1n) is 5.98. The topological polar surface area (TPSA) is 55.1 Å². The van der Waals surface area contributed by atoms with Crippen LogP contribution in [0.2, 0.25) is 0 Å². The second kappa shape index (κ2) is 5.27. The maximum absolute atomic E-state index is 13.4. The van der Waals surface area contributed by atoms with Gasteiger partial charge in [-0.2, -0.15) is 0 Å². The molecule has 0 heterocycles. The van der Waals surface area contributed by atoms with Crippen LogP contribution < -0.4 is 11.1 Å². The molecule has 1 fully saturated rings. The van der Waals surface area contributed by atoms with Crippen LogP contribution in [0.1, 0.15) is 25.7 Å². The molecule has 1 aliphatic carbocycles. The van der Waals surface area contributed by atoms with Crippen LogP contribution in [0.4, 0.5) is 10.1 Å². The normalized spacial score (nSPS) is 24.4. The fraction of sp³-hybridized carbons (Fsp3) is 0.462. The highest BCUT2D eigenvalue weighted by molar-refractivity contribution is 5.92. The minimum Gasteiger partial charge on any atom is -0.328 e. The first kappa shape index (κ1) is 12.0. The average Bonchev–Trinajstić information content (AvgIpc) is 2.32. The zero-order valence-corrected chi connectivity index (χ0v) is 9.66. The van der Waals surface area contributed by atoms with Gasteiger partial charge in [-0.1, -0.05) is 18.6 Å². The highest BCUT2D eigenvalue weighted by atomic mass is 19.1. The third-order valence-corrected chi connectivity index (χ3v) is 3.22. The summed E-state index contributed by atoms with van der Waals surface area (Å²) in [5, 5.41) is 2.63. The van der Waals surface area contributed by atoms with Gasteiger partial charge in [0.05, 0.1) is 5.69 Å². The molecule has 1 amide bonds. The van der Waals surface area contributed by atoms with Crippen molar-refractivity contribution in [3.63, 3.8) is 0 Å². The van der Waals surface area contributed by atoms with Gasteiger partial charge < -0.3 is 11.1 Å². The van der Waals surface area contributed by atoms with Crippen LogP contribution >= 0.6 is 0 Å². The first-order valence-corrected chi connectivity index (χ1v) is 5.98. The van der Waals surface area contributed by atoms with Gasteiger partial charge >= 0.3 is 0 Å². The predicted octanol–water partition coefficient (Wildman–Crippen LogP) is 2.28. The van der Waals surface area contributed by atoms with Crippen LogP contribution in [0.3, 0.4) is 0 Å². The predicted molar refractivity (Wildman–Crippen MR) is 65.0 cm³/mol. The van der Waals surface area contributed by atoms with Crippen molar-refractivity contribution >= 4 is 11.6 Å². The smallest absolute Gasteiger partial charge is 0.227 e. The number of halogens is 1. The minimum absolute atomic E-state index is 0.0849. The van der Waals surface area contributed by atoms with E-state index in [1.165, 1.54) is 6.07 Å². The largest absolute Gasteiger partial charge is 0.328 e. The molecule has 0 aliphatic heterocycles. The summed E-state index contributed by atoms with van der Waals surface area (Å²) in [6, 6.07) is 6.30. The number of anilines is 1. The van der Waals surface area contributed by atoms with Crippen LogP contribution in [0.25, 0.3) is 0 Å². The van der Waals surface area contributed by atoms with E-state index in [4.69, 9.17) is 5.73 Å². The van der Waals surface area contributed by atoms with Crippen molar-refractivity contribution in [1.82, 2.24) is 0 Å². The van der Waals surface area contributed by atoms with Crippen molar-refractivity contribution < 1.29 is 9.18 Å². The fourth-order valence-electron chi connectivity index (χ4n) is 2.26. The van der Waals surface area contributed by atoms with Crippen LogP contribution in [0, 0.1) is 11.7 Å². The van der Waals surface area contributed by atoms with E-state index in [1.54, 1.807) is 18.2 Å². The lowest BCUT2D eigenvalue weighted by atomic mass is 9.85. The van der Waals surface area contributed by atoms with E-state index in [2.05, 4.69) is 5.32 Å². The van der Waals surface area contributed by atoms with Gasteiger partial charge in [0.2, 0.25) is 5.91 Å². The van der Waals surface area contributed by atoms with Crippen molar-refractivity contribution in [2.75, 3.05) is 5.32 Å². The zero-order valence-electron chi connectivity index (χ0n) is 9.66. The van der Waals surface area contributed by atoms with E-state index < -0.39 is 5.82 Å². The van der Waals surface area contributed by atoms with Gasteiger partial charge in [-0.15, -0.1) is 0 Å². The van der Waals surface area contributed by atoms with Crippen molar-refractivity contribution in [3.05, 3.63) is 30.1 Å². The summed E-state index contributed by atoms with van der Waals surface area (Å²) in [6.07, 6.45) is 3.48. The van der Waals surface area contributed by atoms with E-state index in [1.807, 2.05) is 0 Å². The molecule has 0 aromatic heterocycles. The summed E-state index contributed by atoms with van der Waals surface area (Å²) in [5.41, 5.74) is 6.08. The lowest BCUT2D eigenvalue weighted by molar-refractivity contribution is -0.120. The van der Waals surface area contributed by atoms with Crippen LogP contribution in [-0.4, -0.2) is 11.9 Å². The van der Waals surface area contributed by atoms with Gasteiger partial charge in [-0.05, 0) is 31.4 Å². The molecule has 1 aliphatic rings. The maximum Gasteiger partial charge on any atom is 0.227 e. The highest BCUT2D eigenvalue weighted by Gasteiger charge is 2.25. The van der Waals surface area contributed by atoms with Gasteiger partial charge in [0.15, 0.2) is 0 Å². The molecule has 1 saturated carbocycles. The van der Waals surface area contributed by atoms with Gasteiger partial charge in [0, 0.05) is 12.0 Å². The standard InChI is InChI=1S/C13H17FN2O/c14-11-6-1-2-7-12(11)16-13(17)9-4-3-5-10(15)8-9/h1-2,6-7,9-10H,3-5,8,15H2,(H,16,17). The monoisotopic (exact) mass is 236 g/mol. The van der Waals surface area contributed by atoms with Gasteiger partial charge in [-0.3, -0.25) is 4.79 Å². The molecule has 3 nitrogen and oxygen atoms in total. The summed E-state index contributed by atoms with van der Waals surface area (Å²) in [6.45, 7) is 0. The van der Waals surface area contributed by atoms with Crippen molar-refractivity contribution in [2.24, 2.45) is 11.7 Å². The molecule has 0 spiro atoms. The average molecular weight is 236 g/mol. The van der Waals surface area contributed by atoms with E-state index in [9.17, 15) is 9.18 Å². The summed E-state index contributed by atoms with van der Waals surface area (Å²) in [7, 11) is 0. The van der Waals surface area contributed by atoms with Crippen molar-refractivity contribution in [1.29, 1.82) is 0 Å². The third kappa shape index (κ3) is 3.03. The summed E-state index contributed by atoms with van der Waals surface area (Å²) in [4.78, 5) is 11.9. The Morgan fingerprint density at radius 2 is 2.12 bits per heavy atom. The molecule has 0 saturated heterocycles. The Morgan fingerprint density at radius 1 is 1.35 bits per heavy atom. The Labute approximate surface area is 100 Å². The molecule has 2 unspecified atom stereocenters. The number of benzene rings is 1. The second-order valence-electron chi connectivity index (χ2n) is 4.59. The molecule has 1 aromatic carbocycles. The van der Waals surface area contributed by atoms with E-state index in [-0.39, 0.29) is 23.6 Å². The minimum atomic E-state index is -0.402. The molecule has 17 heavy (non-hydrogen) atoms. The number of carbonyl (C=O) groups excluding carboxylic acids is 1. The first-order chi connectivity index (χ1) is 8.16. The maximum atomic E-state index is 13.4. The van der Waals surface area contributed by atoms with Crippen molar-refractivity contribution in [2.45, 2.75) is 31.7 Å². The van der Waals surface area contributed by atoms with Crippen LogP contribution in [0.5, 0.6) is 0 Å². The molecule has 92 valence electrons. The Morgan fingerprint density at radius 3 is 2.82 bits per heavy atom. The Hall–Kier alpha value is -1.42. The van der Waals surface area contributed by atoms with E-state index >= 15 is 0 Å². The molecule has 2 atom stereocenters. The van der Waals surface area contributed by atoms with Crippen LogP contribution in [0.15, 0.2) is 24.3 Å². The number of hydrogen-bond donors (Lipinski definition) is 2. The number of hydrogen-bond acceptors (Lipinski definition) is 2. The molecule has 0 radical (unpaired) electrons. The zero-order chi connectivity index (χ0) is 12.3. The number of carbonyl (C=O) groups is 1. The quantitative estimate of drug-likeness (QED) is 0.827. The third-order valence-electron chi connectivity index (χ3n) is 3.22. The fourth-order valence-corrected chi connectivity index (χ4v) is 2.26. The Kier molecular flexibility index (Phi) is 3.74. The van der Waals surface area contributed by atoms with E-state index in [0.717, 1.165) is 19.3 Å². The summed E-state index contributed by atoms with van der Waals surface area (Å²) < 4.78 is 13.4. The van der Waals surface area contributed by atoms with Crippen molar-refractivity contribution in [3.8, 4) is 0 Å². The number of nitrogens with one attached hydrogen (secondary N) is 1. The Bertz CT molecular complexity index is 408. The molecular formula is C13H17FN2O. The second-order valence-corrected chi connectivity index (χ2v) is 4.59. The molecule has 1 aromatic rings. The molecular weight excluding hydrogens is 219 g/mol.